The summed E-state index contributed by atoms with van der Waals surface area (Å²) in [5.74, 6) is 0. The molecule has 0 spiro atoms. The average molecular weight is 427 g/mol. The summed E-state index contributed by atoms with van der Waals surface area (Å²) >= 11 is 0. The van der Waals surface area contributed by atoms with Crippen molar-refractivity contribution in [1.82, 2.24) is 0 Å². The molecule has 0 aromatic heterocycles. The van der Waals surface area contributed by atoms with E-state index in [-0.39, 0.29) is 0 Å². The van der Waals surface area contributed by atoms with Crippen LogP contribution in [0.25, 0.3) is 0 Å². The molecule has 0 radical (unpaired) electrons. The molecule has 0 amide bonds. The van der Waals surface area contributed by atoms with Crippen LogP contribution in [0.2, 0.25) is 0 Å². The Morgan fingerprint density at radius 2 is 1.11 bits per heavy atom. The zero-order valence-corrected chi connectivity index (χ0v) is 20.7. The fourth-order valence-electron chi connectivity index (χ4n) is 3.68. The fraction of sp³-hybridized carbons (Fsp3) is 1.00. The van der Waals surface area contributed by atoms with Gasteiger partial charge in [0.2, 0.25) is 0 Å². The van der Waals surface area contributed by atoms with Crippen LogP contribution in [-0.2, 0) is 13.4 Å². The van der Waals surface area contributed by atoms with Crippen molar-refractivity contribution in [2.75, 3.05) is 31.8 Å². The van der Waals surface area contributed by atoms with E-state index in [2.05, 4.69) is 34.4 Å². The first-order valence-corrected chi connectivity index (χ1v) is 16.1. The summed E-state index contributed by atoms with van der Waals surface area (Å²) in [7, 11) is -4.00. The van der Waals surface area contributed by atoms with E-state index in [1.54, 1.807) is 0 Å². The van der Waals surface area contributed by atoms with Gasteiger partial charge in [-0.2, -0.15) is 0 Å². The minimum atomic E-state index is -4.00. The third-order valence-corrected chi connectivity index (χ3v) is 13.6. The van der Waals surface area contributed by atoms with Gasteiger partial charge in [0, 0.05) is 0 Å². The van der Waals surface area contributed by atoms with Gasteiger partial charge in [-0.05, 0) is 0 Å². The van der Waals surface area contributed by atoms with Crippen LogP contribution in [0.3, 0.4) is 0 Å². The van der Waals surface area contributed by atoms with Gasteiger partial charge in [0.15, 0.2) is 0 Å². The molecule has 0 aliphatic heterocycles. The minimum absolute atomic E-state index is 0.321. The van der Waals surface area contributed by atoms with Crippen molar-refractivity contribution in [3.05, 3.63) is 0 Å². The quantitative estimate of drug-likeness (QED) is 0.168. The van der Waals surface area contributed by atoms with Gasteiger partial charge in [0.1, 0.15) is 0 Å². The number of hydrogen-bond acceptors (Lipinski definition) is 3. The molecule has 0 fully saturated rings. The van der Waals surface area contributed by atoms with E-state index in [9.17, 15) is 9.46 Å². The van der Waals surface area contributed by atoms with E-state index in [1.165, 1.54) is 25.7 Å². The fourth-order valence-corrected chi connectivity index (χ4v) is 12.1. The first-order chi connectivity index (χ1) is 12.7. The van der Waals surface area contributed by atoms with Crippen molar-refractivity contribution in [2.45, 2.75) is 105 Å². The molecule has 4 nitrogen and oxygen atoms in total. The van der Waals surface area contributed by atoms with Crippen molar-refractivity contribution >= 4 is 14.7 Å². The molecule has 0 aliphatic carbocycles. The second kappa shape index (κ2) is 14.5. The van der Waals surface area contributed by atoms with Crippen LogP contribution in [0.15, 0.2) is 0 Å². The third kappa shape index (κ3) is 12.7. The molecule has 1 atom stereocenters. The molecular weight excluding hydrogens is 378 g/mol. The number of phosphoric ester groups is 1. The molecule has 0 rings (SSSR count). The molecular formula is C21H48O4P2. The standard InChI is InChI=1S/C21H48O4P2/c1-6-10-14-15-16-17-18-24-26(22,23)25-27(5,19-11-7-2,20-12-8-3)21-13-9-4/h6-21H2,1-5H3,(H,22,23). The Bertz CT molecular complexity index is 390. The Hall–Kier alpha value is 0.540. The number of phosphoric acid groups is 1. The van der Waals surface area contributed by atoms with Crippen LogP contribution in [0.4, 0.5) is 0 Å². The first kappa shape index (κ1) is 27.5. The third-order valence-electron chi connectivity index (χ3n) is 5.54. The summed E-state index contributed by atoms with van der Waals surface area (Å²) in [5.41, 5.74) is 0. The molecule has 0 aromatic carbocycles. The number of unbranched alkanes of at least 4 members (excludes halogenated alkanes) is 8. The van der Waals surface area contributed by atoms with E-state index in [1.807, 2.05) is 0 Å². The second-order valence-electron chi connectivity index (χ2n) is 8.57. The molecule has 0 saturated heterocycles. The summed E-state index contributed by atoms with van der Waals surface area (Å²) < 4.78 is 24.4. The zero-order chi connectivity index (χ0) is 20.7. The Morgan fingerprint density at radius 1 is 0.704 bits per heavy atom. The van der Waals surface area contributed by atoms with Crippen LogP contribution in [-0.4, -0.2) is 36.7 Å². The first-order valence-electron chi connectivity index (χ1n) is 11.4. The van der Waals surface area contributed by atoms with Crippen LogP contribution >= 0.6 is 14.7 Å². The molecule has 1 N–H and O–H groups in total. The monoisotopic (exact) mass is 426 g/mol. The molecule has 0 aromatic rings. The van der Waals surface area contributed by atoms with Gasteiger partial charge in [0.05, 0.1) is 0 Å². The predicted molar refractivity (Wildman–Crippen MR) is 122 cm³/mol. The van der Waals surface area contributed by atoms with Crippen molar-refractivity contribution in [1.29, 1.82) is 0 Å². The molecule has 166 valence electrons. The van der Waals surface area contributed by atoms with Gasteiger partial charge in [0.25, 0.3) is 0 Å². The van der Waals surface area contributed by atoms with Gasteiger partial charge in [-0.3, -0.25) is 0 Å². The van der Waals surface area contributed by atoms with Crippen molar-refractivity contribution < 1.29 is 18.3 Å². The van der Waals surface area contributed by atoms with Gasteiger partial charge in [-0.15, -0.1) is 0 Å². The molecule has 0 heterocycles. The van der Waals surface area contributed by atoms with Crippen molar-refractivity contribution in [2.24, 2.45) is 0 Å². The van der Waals surface area contributed by atoms with Gasteiger partial charge >= 0.3 is 169 Å². The summed E-state index contributed by atoms with van der Waals surface area (Å²) in [6, 6.07) is 0. The van der Waals surface area contributed by atoms with E-state index in [0.29, 0.717) is 6.61 Å². The van der Waals surface area contributed by atoms with Gasteiger partial charge < -0.3 is 0 Å². The van der Waals surface area contributed by atoms with Crippen LogP contribution in [0.1, 0.15) is 105 Å². The second-order valence-corrected chi connectivity index (χ2v) is 16.1. The summed E-state index contributed by atoms with van der Waals surface area (Å²) in [4.78, 5) is 10.5. The van der Waals surface area contributed by atoms with E-state index in [0.717, 1.165) is 69.9 Å². The van der Waals surface area contributed by atoms with Crippen LogP contribution in [0, 0.1) is 0 Å². The number of hydrogen-bond donors (Lipinski definition) is 1. The molecule has 0 saturated carbocycles. The molecule has 1 unspecified atom stereocenters. The molecule has 0 aliphatic rings. The zero-order valence-electron chi connectivity index (χ0n) is 18.9. The van der Waals surface area contributed by atoms with Crippen molar-refractivity contribution in [3.63, 3.8) is 0 Å². The average Bonchev–Trinajstić information content (AvgIpc) is 2.62. The molecule has 6 heteroatoms. The topological polar surface area (TPSA) is 55.8 Å². The Labute approximate surface area is 169 Å². The normalized spacial score (nSPS) is 16.0. The van der Waals surface area contributed by atoms with Crippen LogP contribution in [0.5, 0.6) is 0 Å². The van der Waals surface area contributed by atoms with Gasteiger partial charge in [-0.1, -0.05) is 0 Å². The summed E-state index contributed by atoms with van der Waals surface area (Å²) in [6.45, 7) is 8.54. The van der Waals surface area contributed by atoms with Crippen LogP contribution < -0.4 is 0 Å². The molecule has 0 bridgehead atoms. The van der Waals surface area contributed by atoms with Gasteiger partial charge in [-0.25, -0.2) is 0 Å². The summed E-state index contributed by atoms with van der Waals surface area (Å²) in [6.07, 6.45) is 16.0. The molecule has 27 heavy (non-hydrogen) atoms. The SMILES string of the molecule is CCCCCCCCOP(=O)(O)OP(C)(CCCC)(CCCC)CCCC. The van der Waals surface area contributed by atoms with Crippen molar-refractivity contribution in [3.8, 4) is 0 Å². The Kier molecular flexibility index (Phi) is 14.8. The maximum atomic E-state index is 12.8. The predicted octanol–water partition coefficient (Wildman–Crippen LogP) is 7.98. The Balaban J connectivity index is 4.89. The van der Waals surface area contributed by atoms with E-state index < -0.39 is 14.7 Å². The number of rotatable bonds is 19. The Morgan fingerprint density at radius 3 is 1.56 bits per heavy atom. The van der Waals surface area contributed by atoms with E-state index in [4.69, 9.17) is 8.83 Å². The van der Waals surface area contributed by atoms with E-state index >= 15 is 0 Å². The maximum absolute atomic E-state index is 12.8. The summed E-state index contributed by atoms with van der Waals surface area (Å²) in [5, 5.41) is 0.